The van der Waals surface area contributed by atoms with E-state index in [1.165, 1.54) is 12.1 Å². The summed E-state index contributed by atoms with van der Waals surface area (Å²) in [5, 5.41) is 3.43. The van der Waals surface area contributed by atoms with Crippen molar-refractivity contribution in [3.63, 3.8) is 0 Å². The smallest absolute Gasteiger partial charge is 0.159 e. The normalized spacial score (nSPS) is 12.7. The van der Waals surface area contributed by atoms with Crippen molar-refractivity contribution in [3.05, 3.63) is 29.8 Å². The van der Waals surface area contributed by atoms with Crippen molar-refractivity contribution in [1.29, 1.82) is 0 Å². The fourth-order valence-electron chi connectivity index (χ4n) is 1.83. The van der Waals surface area contributed by atoms with Crippen LogP contribution >= 0.6 is 11.8 Å². The summed E-state index contributed by atoms with van der Waals surface area (Å²) < 4.78 is 25.7. The Labute approximate surface area is 112 Å². The van der Waals surface area contributed by atoms with Crippen LogP contribution in [0.1, 0.15) is 33.1 Å². The molecule has 18 heavy (non-hydrogen) atoms. The Morgan fingerprint density at radius 1 is 1.22 bits per heavy atom. The van der Waals surface area contributed by atoms with Crippen molar-refractivity contribution in [2.24, 2.45) is 0 Å². The summed E-state index contributed by atoms with van der Waals surface area (Å²) in [6, 6.07) is 4.65. The number of benzene rings is 1. The van der Waals surface area contributed by atoms with Crippen molar-refractivity contribution < 1.29 is 8.78 Å². The van der Waals surface area contributed by atoms with Gasteiger partial charge in [0.1, 0.15) is 0 Å². The summed E-state index contributed by atoms with van der Waals surface area (Å²) in [7, 11) is 0. The second-order valence-corrected chi connectivity index (χ2v) is 5.40. The Kier molecular flexibility index (Phi) is 7.28. The van der Waals surface area contributed by atoms with Gasteiger partial charge >= 0.3 is 0 Å². The number of hydrogen-bond acceptors (Lipinski definition) is 2. The van der Waals surface area contributed by atoms with Gasteiger partial charge < -0.3 is 5.32 Å². The molecule has 1 aromatic carbocycles. The second kappa shape index (κ2) is 8.48. The van der Waals surface area contributed by atoms with Crippen LogP contribution in [0.4, 0.5) is 8.78 Å². The van der Waals surface area contributed by atoms with Crippen LogP contribution in [0.3, 0.4) is 0 Å². The predicted octanol–water partition coefficient (Wildman–Crippen LogP) is 4.23. The average Bonchev–Trinajstić information content (AvgIpc) is 2.37. The Bertz CT molecular complexity index is 358. The molecule has 0 radical (unpaired) electrons. The largest absolute Gasteiger partial charge is 0.314 e. The molecule has 0 aliphatic heterocycles. The van der Waals surface area contributed by atoms with Crippen molar-refractivity contribution in [2.45, 2.75) is 44.0 Å². The highest BCUT2D eigenvalue weighted by molar-refractivity contribution is 7.99. The summed E-state index contributed by atoms with van der Waals surface area (Å²) in [6.07, 6.45) is 3.33. The van der Waals surface area contributed by atoms with E-state index in [9.17, 15) is 8.78 Å². The maximum Gasteiger partial charge on any atom is 0.159 e. The zero-order valence-corrected chi connectivity index (χ0v) is 11.8. The van der Waals surface area contributed by atoms with E-state index in [2.05, 4.69) is 19.2 Å². The molecule has 1 nitrogen and oxygen atoms in total. The highest BCUT2D eigenvalue weighted by atomic mass is 32.2. The molecule has 1 aromatic rings. The lowest BCUT2D eigenvalue weighted by atomic mass is 10.1. The molecule has 0 fully saturated rings. The lowest BCUT2D eigenvalue weighted by Crippen LogP contribution is -2.28. The molecule has 1 atom stereocenters. The summed E-state index contributed by atoms with van der Waals surface area (Å²) in [5.41, 5.74) is 0. The van der Waals surface area contributed by atoms with Crippen LogP contribution in [0.15, 0.2) is 23.1 Å². The highest BCUT2D eigenvalue weighted by Crippen LogP contribution is 2.21. The molecular weight excluding hydrogens is 252 g/mol. The summed E-state index contributed by atoms with van der Waals surface area (Å²) in [6.45, 7) is 5.28. The maximum absolute atomic E-state index is 13.0. The van der Waals surface area contributed by atoms with E-state index >= 15 is 0 Å². The minimum atomic E-state index is -0.780. The van der Waals surface area contributed by atoms with E-state index in [0.717, 1.165) is 36.5 Å². The Morgan fingerprint density at radius 3 is 2.61 bits per heavy atom. The first kappa shape index (κ1) is 15.4. The molecule has 0 aromatic heterocycles. The molecular formula is C14H21F2NS. The van der Waals surface area contributed by atoms with E-state index in [4.69, 9.17) is 0 Å². The first-order chi connectivity index (χ1) is 8.67. The minimum Gasteiger partial charge on any atom is -0.314 e. The molecule has 1 unspecified atom stereocenters. The number of halogens is 2. The highest BCUT2D eigenvalue weighted by Gasteiger charge is 2.05. The molecule has 4 heteroatoms. The minimum absolute atomic E-state index is 0.570. The van der Waals surface area contributed by atoms with Gasteiger partial charge in [-0.3, -0.25) is 0 Å². The third-order valence-corrected chi connectivity index (χ3v) is 3.92. The first-order valence-electron chi connectivity index (χ1n) is 6.48. The van der Waals surface area contributed by atoms with Gasteiger partial charge in [0, 0.05) is 10.9 Å². The Hall–Kier alpha value is -0.610. The van der Waals surface area contributed by atoms with Gasteiger partial charge in [-0.1, -0.05) is 13.8 Å². The van der Waals surface area contributed by atoms with Gasteiger partial charge in [0.25, 0.3) is 0 Å². The summed E-state index contributed by atoms with van der Waals surface area (Å²) >= 11 is 1.58. The van der Waals surface area contributed by atoms with Gasteiger partial charge in [0.05, 0.1) is 0 Å². The van der Waals surface area contributed by atoms with Crippen LogP contribution in [-0.2, 0) is 0 Å². The number of hydrogen-bond donors (Lipinski definition) is 1. The Morgan fingerprint density at radius 2 is 2.00 bits per heavy atom. The van der Waals surface area contributed by atoms with Gasteiger partial charge in [0.15, 0.2) is 11.6 Å². The van der Waals surface area contributed by atoms with Crippen molar-refractivity contribution in [1.82, 2.24) is 5.32 Å². The maximum atomic E-state index is 13.0. The number of rotatable bonds is 8. The molecule has 0 aliphatic carbocycles. The standard InChI is InChI=1S/C14H21F2NS/c1-3-11(17-4-2)6-5-9-18-12-7-8-13(15)14(16)10-12/h7-8,10-11,17H,3-6,9H2,1-2H3. The van der Waals surface area contributed by atoms with Gasteiger partial charge in [0.2, 0.25) is 0 Å². The molecule has 1 N–H and O–H groups in total. The van der Waals surface area contributed by atoms with Gasteiger partial charge in [-0.15, -0.1) is 11.8 Å². The van der Waals surface area contributed by atoms with Crippen LogP contribution in [0.2, 0.25) is 0 Å². The van der Waals surface area contributed by atoms with Crippen molar-refractivity contribution in [2.75, 3.05) is 12.3 Å². The van der Waals surface area contributed by atoms with Gasteiger partial charge in [-0.2, -0.15) is 0 Å². The zero-order valence-electron chi connectivity index (χ0n) is 11.0. The van der Waals surface area contributed by atoms with E-state index in [-0.39, 0.29) is 0 Å². The van der Waals surface area contributed by atoms with Crippen LogP contribution < -0.4 is 5.32 Å². The second-order valence-electron chi connectivity index (χ2n) is 4.23. The molecule has 0 aliphatic rings. The Balaban J connectivity index is 2.26. The SMILES string of the molecule is CCNC(CC)CCCSc1ccc(F)c(F)c1. The number of thioether (sulfide) groups is 1. The monoisotopic (exact) mass is 273 g/mol. The van der Waals surface area contributed by atoms with Gasteiger partial charge in [-0.25, -0.2) is 8.78 Å². The zero-order chi connectivity index (χ0) is 13.4. The van der Waals surface area contributed by atoms with E-state index in [1.54, 1.807) is 17.8 Å². The third-order valence-electron chi connectivity index (χ3n) is 2.84. The quantitative estimate of drug-likeness (QED) is 0.562. The summed E-state index contributed by atoms with van der Waals surface area (Å²) in [4.78, 5) is 0.797. The van der Waals surface area contributed by atoms with E-state index in [0.29, 0.717) is 6.04 Å². The molecule has 0 saturated carbocycles. The molecule has 0 spiro atoms. The summed E-state index contributed by atoms with van der Waals surface area (Å²) in [5.74, 6) is -0.607. The molecule has 0 heterocycles. The van der Waals surface area contributed by atoms with Crippen LogP contribution in [0.25, 0.3) is 0 Å². The molecule has 1 rings (SSSR count). The van der Waals surface area contributed by atoms with Crippen LogP contribution in [-0.4, -0.2) is 18.3 Å². The average molecular weight is 273 g/mol. The lowest BCUT2D eigenvalue weighted by molar-refractivity contribution is 0.477. The molecule has 0 saturated heterocycles. The van der Waals surface area contributed by atoms with Crippen LogP contribution in [0, 0.1) is 11.6 Å². The number of nitrogens with one attached hydrogen (secondary N) is 1. The first-order valence-corrected chi connectivity index (χ1v) is 7.47. The van der Waals surface area contributed by atoms with E-state index < -0.39 is 11.6 Å². The molecule has 0 amide bonds. The predicted molar refractivity (Wildman–Crippen MR) is 74.1 cm³/mol. The van der Waals surface area contributed by atoms with Crippen molar-refractivity contribution >= 4 is 11.8 Å². The van der Waals surface area contributed by atoms with Crippen molar-refractivity contribution in [3.8, 4) is 0 Å². The lowest BCUT2D eigenvalue weighted by Gasteiger charge is -2.15. The molecule has 102 valence electrons. The van der Waals surface area contributed by atoms with Crippen LogP contribution in [0.5, 0.6) is 0 Å². The third kappa shape index (κ3) is 5.36. The topological polar surface area (TPSA) is 12.0 Å². The fraction of sp³-hybridized carbons (Fsp3) is 0.571. The molecule has 0 bridgehead atoms. The van der Waals surface area contributed by atoms with E-state index in [1.807, 2.05) is 0 Å². The van der Waals surface area contributed by atoms with Gasteiger partial charge in [-0.05, 0) is 49.8 Å². The fourth-order valence-corrected chi connectivity index (χ4v) is 2.72.